The number of nitrogens with zero attached hydrogens (tertiary/aromatic N) is 1. The molecule has 0 unspecified atom stereocenters. The lowest BCUT2D eigenvalue weighted by atomic mass is 10.1. The van der Waals surface area contributed by atoms with Gasteiger partial charge in [0.15, 0.2) is 6.29 Å². The summed E-state index contributed by atoms with van der Waals surface area (Å²) in [6, 6.07) is 4.59. The van der Waals surface area contributed by atoms with Gasteiger partial charge in [0.25, 0.3) is 0 Å². The maximum atomic E-state index is 13.2. The van der Waals surface area contributed by atoms with Crippen molar-refractivity contribution in [1.29, 1.82) is 0 Å². The summed E-state index contributed by atoms with van der Waals surface area (Å²) in [4.78, 5) is 13.9. The molecule has 0 amide bonds. The Morgan fingerprint density at radius 2 is 2.28 bits per heavy atom. The Balaban J connectivity index is 2.05. The van der Waals surface area contributed by atoms with Crippen LogP contribution in [0.4, 0.5) is 4.39 Å². The van der Waals surface area contributed by atoms with Crippen LogP contribution in [0.15, 0.2) is 30.6 Å². The summed E-state index contributed by atoms with van der Waals surface area (Å²) in [6.45, 7) is 0. The largest absolute Gasteiger partial charge is 0.361 e. The quantitative estimate of drug-likeness (QED) is 0.694. The first-order valence-corrected chi connectivity index (χ1v) is 5.51. The second-order valence-electron chi connectivity index (χ2n) is 4.10. The van der Waals surface area contributed by atoms with Gasteiger partial charge in [-0.2, -0.15) is 5.10 Å². The smallest absolute Gasteiger partial charge is 0.153 e. The molecule has 0 radical (unpaired) electrons. The summed E-state index contributed by atoms with van der Waals surface area (Å²) in [5, 5.41) is 7.44. The van der Waals surface area contributed by atoms with Gasteiger partial charge in [-0.3, -0.25) is 9.89 Å². The van der Waals surface area contributed by atoms with E-state index in [1.54, 1.807) is 6.07 Å². The van der Waals surface area contributed by atoms with Crippen LogP contribution in [0.2, 0.25) is 0 Å². The minimum atomic E-state index is -0.274. The standard InChI is InChI=1S/C13H10FN3O/c14-10-1-2-12-11(4-10)8(5-15-12)3-13-9(7-18)6-16-17-13/h1-2,4-7,15H,3H2,(H,16,17). The van der Waals surface area contributed by atoms with Crippen LogP contribution in [-0.4, -0.2) is 21.5 Å². The molecule has 0 spiro atoms. The van der Waals surface area contributed by atoms with Crippen molar-refractivity contribution in [3.8, 4) is 0 Å². The third kappa shape index (κ3) is 1.69. The van der Waals surface area contributed by atoms with Crippen LogP contribution < -0.4 is 0 Å². The van der Waals surface area contributed by atoms with E-state index < -0.39 is 0 Å². The number of aromatic nitrogens is 3. The van der Waals surface area contributed by atoms with Gasteiger partial charge in [0, 0.05) is 23.5 Å². The summed E-state index contributed by atoms with van der Waals surface area (Å²) in [5.41, 5.74) is 3.06. The molecule has 0 aliphatic rings. The first-order chi connectivity index (χ1) is 8.78. The normalized spacial score (nSPS) is 10.9. The van der Waals surface area contributed by atoms with Crippen molar-refractivity contribution in [1.82, 2.24) is 15.2 Å². The molecule has 2 N–H and O–H groups in total. The van der Waals surface area contributed by atoms with Gasteiger partial charge in [-0.15, -0.1) is 0 Å². The zero-order chi connectivity index (χ0) is 12.5. The molecular formula is C13H10FN3O. The van der Waals surface area contributed by atoms with Crippen molar-refractivity contribution < 1.29 is 9.18 Å². The summed E-state index contributed by atoms with van der Waals surface area (Å²) in [6.07, 6.45) is 4.57. The SMILES string of the molecule is O=Cc1cn[nH]c1Cc1c[nH]c2ccc(F)cc12. The van der Waals surface area contributed by atoms with Crippen molar-refractivity contribution in [2.45, 2.75) is 6.42 Å². The Morgan fingerprint density at radius 3 is 3.11 bits per heavy atom. The van der Waals surface area contributed by atoms with E-state index in [1.807, 2.05) is 6.20 Å². The molecule has 0 aliphatic heterocycles. The highest BCUT2D eigenvalue weighted by molar-refractivity contribution is 5.84. The number of hydrogen-bond donors (Lipinski definition) is 2. The summed E-state index contributed by atoms with van der Waals surface area (Å²) < 4.78 is 13.2. The van der Waals surface area contributed by atoms with Crippen LogP contribution >= 0.6 is 0 Å². The van der Waals surface area contributed by atoms with Gasteiger partial charge in [-0.05, 0) is 23.8 Å². The Bertz CT molecular complexity index is 714. The second kappa shape index (κ2) is 4.10. The molecule has 4 nitrogen and oxygen atoms in total. The van der Waals surface area contributed by atoms with Crippen molar-refractivity contribution in [3.63, 3.8) is 0 Å². The summed E-state index contributed by atoms with van der Waals surface area (Å²) in [7, 11) is 0. The zero-order valence-corrected chi connectivity index (χ0v) is 9.40. The molecule has 3 rings (SSSR count). The van der Waals surface area contributed by atoms with Gasteiger partial charge in [0.05, 0.1) is 17.5 Å². The number of aldehydes is 1. The molecule has 0 saturated carbocycles. The average molecular weight is 243 g/mol. The van der Waals surface area contributed by atoms with Gasteiger partial charge in [-0.1, -0.05) is 0 Å². The van der Waals surface area contributed by atoms with Crippen LogP contribution in [0.3, 0.4) is 0 Å². The average Bonchev–Trinajstić information content (AvgIpc) is 2.97. The molecule has 2 aromatic heterocycles. The molecule has 0 aliphatic carbocycles. The number of halogens is 1. The highest BCUT2D eigenvalue weighted by atomic mass is 19.1. The van der Waals surface area contributed by atoms with Crippen LogP contribution in [0.1, 0.15) is 21.6 Å². The number of hydrogen-bond acceptors (Lipinski definition) is 2. The van der Waals surface area contributed by atoms with Crippen molar-refractivity contribution in [2.24, 2.45) is 0 Å². The Hall–Kier alpha value is -2.43. The monoisotopic (exact) mass is 243 g/mol. The molecule has 0 atom stereocenters. The van der Waals surface area contributed by atoms with E-state index in [0.29, 0.717) is 12.0 Å². The molecule has 5 heteroatoms. The van der Waals surface area contributed by atoms with Gasteiger partial charge in [-0.25, -0.2) is 4.39 Å². The van der Waals surface area contributed by atoms with Crippen molar-refractivity contribution in [3.05, 3.63) is 53.2 Å². The lowest BCUT2D eigenvalue weighted by Crippen LogP contribution is -1.92. The maximum absolute atomic E-state index is 13.2. The molecule has 1 aromatic carbocycles. The second-order valence-corrected chi connectivity index (χ2v) is 4.10. The third-order valence-electron chi connectivity index (χ3n) is 2.98. The first kappa shape index (κ1) is 10.7. The summed E-state index contributed by atoms with van der Waals surface area (Å²) in [5.74, 6) is -0.274. The Morgan fingerprint density at radius 1 is 1.39 bits per heavy atom. The number of nitrogens with one attached hydrogen (secondary N) is 2. The Kier molecular flexibility index (Phi) is 2.44. The molecular weight excluding hydrogens is 233 g/mol. The molecule has 0 fully saturated rings. The van der Waals surface area contributed by atoms with Gasteiger partial charge < -0.3 is 4.98 Å². The van der Waals surface area contributed by atoms with E-state index >= 15 is 0 Å². The predicted molar refractivity (Wildman–Crippen MR) is 65.0 cm³/mol. The molecule has 18 heavy (non-hydrogen) atoms. The van der Waals surface area contributed by atoms with Gasteiger partial charge in [0.1, 0.15) is 5.82 Å². The van der Waals surface area contributed by atoms with E-state index in [2.05, 4.69) is 15.2 Å². The van der Waals surface area contributed by atoms with E-state index in [1.165, 1.54) is 18.3 Å². The highest BCUT2D eigenvalue weighted by Crippen LogP contribution is 2.22. The number of H-pyrrole nitrogens is 2. The van der Waals surface area contributed by atoms with Crippen LogP contribution in [0.25, 0.3) is 10.9 Å². The summed E-state index contributed by atoms with van der Waals surface area (Å²) >= 11 is 0. The number of carbonyl (C=O) groups excluding carboxylic acids is 1. The molecule has 90 valence electrons. The van der Waals surface area contributed by atoms with Gasteiger partial charge >= 0.3 is 0 Å². The van der Waals surface area contributed by atoms with E-state index in [9.17, 15) is 9.18 Å². The molecule has 0 saturated heterocycles. The lowest BCUT2D eigenvalue weighted by Gasteiger charge is -1.98. The molecule has 2 heterocycles. The van der Waals surface area contributed by atoms with Crippen molar-refractivity contribution >= 4 is 17.2 Å². The van der Waals surface area contributed by atoms with Gasteiger partial charge in [0.2, 0.25) is 0 Å². The lowest BCUT2D eigenvalue weighted by molar-refractivity contribution is 0.112. The first-order valence-electron chi connectivity index (χ1n) is 5.51. The number of fused-ring (bicyclic) bond motifs is 1. The fraction of sp³-hybridized carbons (Fsp3) is 0.0769. The van der Waals surface area contributed by atoms with Crippen molar-refractivity contribution in [2.75, 3.05) is 0 Å². The topological polar surface area (TPSA) is 61.5 Å². The molecule has 3 aromatic rings. The molecule has 0 bridgehead atoms. The van der Waals surface area contributed by atoms with E-state index in [-0.39, 0.29) is 5.82 Å². The minimum Gasteiger partial charge on any atom is -0.361 e. The number of carbonyl (C=O) groups is 1. The highest BCUT2D eigenvalue weighted by Gasteiger charge is 2.09. The van der Waals surface area contributed by atoms with Crippen LogP contribution in [-0.2, 0) is 6.42 Å². The minimum absolute atomic E-state index is 0.274. The van der Waals surface area contributed by atoms with Crippen LogP contribution in [0, 0.1) is 5.82 Å². The number of aromatic amines is 2. The fourth-order valence-electron chi connectivity index (χ4n) is 2.05. The maximum Gasteiger partial charge on any atom is 0.153 e. The number of rotatable bonds is 3. The fourth-order valence-corrected chi connectivity index (χ4v) is 2.05. The van der Waals surface area contributed by atoms with E-state index in [4.69, 9.17) is 0 Å². The Labute approximate surface area is 102 Å². The number of benzene rings is 1. The zero-order valence-electron chi connectivity index (χ0n) is 9.40. The third-order valence-corrected chi connectivity index (χ3v) is 2.98. The predicted octanol–water partition coefficient (Wildman–Crippen LogP) is 2.43. The van der Waals surface area contributed by atoms with Crippen LogP contribution in [0.5, 0.6) is 0 Å². The van der Waals surface area contributed by atoms with E-state index in [0.717, 1.165) is 28.4 Å².